The summed E-state index contributed by atoms with van der Waals surface area (Å²) >= 11 is 1.30. The second kappa shape index (κ2) is 6.72. The fourth-order valence-corrected chi connectivity index (χ4v) is 6.37. The summed E-state index contributed by atoms with van der Waals surface area (Å²) in [5.41, 5.74) is 0.447. The Hall–Kier alpha value is -0.830. The summed E-state index contributed by atoms with van der Waals surface area (Å²) in [4.78, 5) is 22.0. The summed E-state index contributed by atoms with van der Waals surface area (Å²) in [5.74, 6) is 0.203. The molecule has 2 aliphatic heterocycles. The van der Waals surface area contributed by atoms with Gasteiger partial charge >= 0.3 is 0 Å². The fourth-order valence-electron chi connectivity index (χ4n) is 4.65. The molecule has 0 aromatic carbocycles. The van der Waals surface area contributed by atoms with Crippen LogP contribution in [-0.2, 0) is 15.8 Å². The van der Waals surface area contributed by atoms with E-state index in [4.69, 9.17) is 5.14 Å². The molecular formula is C17H26N4O2S2. The summed E-state index contributed by atoms with van der Waals surface area (Å²) < 4.78 is 12.2. The molecule has 2 saturated heterocycles. The van der Waals surface area contributed by atoms with Gasteiger partial charge < -0.3 is 0 Å². The molecule has 138 valence electrons. The van der Waals surface area contributed by atoms with E-state index in [1.807, 2.05) is 4.90 Å². The molecule has 3 heterocycles. The van der Waals surface area contributed by atoms with E-state index in [9.17, 15) is 9.00 Å². The normalized spacial score (nSPS) is 26.0. The van der Waals surface area contributed by atoms with E-state index >= 15 is 0 Å². The van der Waals surface area contributed by atoms with Crippen molar-refractivity contribution in [1.29, 1.82) is 0 Å². The molecule has 25 heavy (non-hydrogen) atoms. The molecule has 3 aliphatic rings. The third-order valence-corrected chi connectivity index (χ3v) is 8.37. The van der Waals surface area contributed by atoms with Crippen LogP contribution in [0.2, 0.25) is 0 Å². The van der Waals surface area contributed by atoms with Gasteiger partial charge in [0, 0.05) is 25.7 Å². The molecule has 3 fully saturated rings. The number of likely N-dealkylation sites (tertiary alicyclic amines) is 1. The van der Waals surface area contributed by atoms with E-state index in [1.54, 1.807) is 6.92 Å². The van der Waals surface area contributed by atoms with Crippen LogP contribution in [0.15, 0.2) is 4.21 Å². The van der Waals surface area contributed by atoms with Gasteiger partial charge in [-0.05, 0) is 32.6 Å². The van der Waals surface area contributed by atoms with Crippen molar-refractivity contribution in [2.45, 2.75) is 62.1 Å². The number of anilines is 1. The van der Waals surface area contributed by atoms with E-state index in [0.29, 0.717) is 27.6 Å². The summed E-state index contributed by atoms with van der Waals surface area (Å²) in [6.45, 7) is 4.30. The minimum atomic E-state index is -1.54. The molecule has 0 bridgehead atoms. The number of nitrogens with zero attached hydrogens (tertiary/aromatic N) is 3. The molecule has 1 amide bonds. The van der Waals surface area contributed by atoms with Crippen molar-refractivity contribution in [2.75, 3.05) is 24.5 Å². The highest BCUT2D eigenvalue weighted by atomic mass is 32.2. The van der Waals surface area contributed by atoms with Gasteiger partial charge in [-0.3, -0.25) is 14.6 Å². The number of thiazole rings is 1. The first-order valence-electron chi connectivity index (χ1n) is 9.20. The lowest BCUT2D eigenvalue weighted by atomic mass is 9.71. The standard InChI is InChI=1S/C17H26N4O2S2/c1-12-14(25(18)23)24-16(19-12)21-9-5-8-17(15(21)22)10-20(11-17)13-6-3-2-4-7-13/h13H,2-11,18H2,1H3. The highest BCUT2D eigenvalue weighted by Gasteiger charge is 2.54. The molecule has 1 saturated carbocycles. The third kappa shape index (κ3) is 3.07. The summed E-state index contributed by atoms with van der Waals surface area (Å²) in [6.07, 6.45) is 8.56. The first kappa shape index (κ1) is 17.6. The lowest BCUT2D eigenvalue weighted by Crippen LogP contribution is -2.68. The highest BCUT2D eigenvalue weighted by molar-refractivity contribution is 7.85. The zero-order valence-corrected chi connectivity index (χ0v) is 16.3. The van der Waals surface area contributed by atoms with Crippen molar-refractivity contribution in [3.63, 3.8) is 0 Å². The first-order valence-corrected chi connectivity index (χ1v) is 11.2. The van der Waals surface area contributed by atoms with E-state index in [1.165, 1.54) is 43.4 Å². The minimum Gasteiger partial charge on any atom is -0.298 e. The van der Waals surface area contributed by atoms with Crippen molar-refractivity contribution in [3.05, 3.63) is 5.69 Å². The van der Waals surface area contributed by atoms with E-state index in [-0.39, 0.29) is 11.3 Å². The third-order valence-electron chi connectivity index (χ3n) is 5.99. The first-order chi connectivity index (χ1) is 12.0. The molecule has 8 heteroatoms. The van der Waals surface area contributed by atoms with Gasteiger partial charge in [-0.2, -0.15) is 0 Å². The Balaban J connectivity index is 1.48. The second-order valence-electron chi connectivity index (χ2n) is 7.70. The Morgan fingerprint density at radius 1 is 1.24 bits per heavy atom. The number of aryl methyl sites for hydroxylation is 1. The van der Waals surface area contributed by atoms with Crippen molar-refractivity contribution >= 4 is 33.4 Å². The van der Waals surface area contributed by atoms with Crippen LogP contribution in [-0.4, -0.2) is 45.7 Å². The van der Waals surface area contributed by atoms with Crippen molar-refractivity contribution in [1.82, 2.24) is 9.88 Å². The molecule has 1 unspecified atom stereocenters. The van der Waals surface area contributed by atoms with Crippen LogP contribution in [0.3, 0.4) is 0 Å². The van der Waals surface area contributed by atoms with Gasteiger partial charge in [-0.1, -0.05) is 30.6 Å². The fraction of sp³-hybridized carbons (Fsp3) is 0.765. The number of amides is 1. The number of aromatic nitrogens is 1. The average molecular weight is 383 g/mol. The lowest BCUT2D eigenvalue weighted by molar-refractivity contribution is -0.145. The largest absolute Gasteiger partial charge is 0.298 e. The van der Waals surface area contributed by atoms with E-state index < -0.39 is 11.0 Å². The molecule has 0 radical (unpaired) electrons. The van der Waals surface area contributed by atoms with Gasteiger partial charge in [0.1, 0.15) is 15.2 Å². The zero-order chi connectivity index (χ0) is 17.6. The number of hydrogen-bond acceptors (Lipinski definition) is 5. The maximum absolute atomic E-state index is 13.2. The van der Waals surface area contributed by atoms with Crippen LogP contribution in [0.25, 0.3) is 0 Å². The zero-order valence-electron chi connectivity index (χ0n) is 14.7. The lowest BCUT2D eigenvalue weighted by Gasteiger charge is -2.55. The molecule has 1 aromatic rings. The Morgan fingerprint density at radius 3 is 2.60 bits per heavy atom. The van der Waals surface area contributed by atoms with E-state index in [2.05, 4.69) is 9.88 Å². The molecule has 1 aliphatic carbocycles. The Bertz CT molecular complexity index is 693. The van der Waals surface area contributed by atoms with Gasteiger partial charge in [0.25, 0.3) is 0 Å². The number of hydrogen-bond donors (Lipinski definition) is 1. The molecule has 1 aromatic heterocycles. The van der Waals surface area contributed by atoms with Crippen LogP contribution in [0.5, 0.6) is 0 Å². The van der Waals surface area contributed by atoms with Gasteiger partial charge in [-0.25, -0.2) is 14.3 Å². The quantitative estimate of drug-likeness (QED) is 0.869. The number of piperidine rings is 1. The van der Waals surface area contributed by atoms with Gasteiger partial charge in [-0.15, -0.1) is 0 Å². The van der Waals surface area contributed by atoms with Crippen LogP contribution in [0, 0.1) is 12.3 Å². The van der Waals surface area contributed by atoms with Crippen LogP contribution >= 0.6 is 11.3 Å². The van der Waals surface area contributed by atoms with Crippen molar-refractivity contribution in [2.24, 2.45) is 10.6 Å². The molecule has 2 N–H and O–H groups in total. The predicted molar refractivity (Wildman–Crippen MR) is 99.9 cm³/mol. The SMILES string of the molecule is Cc1nc(N2CCCC3(CN(C4CCCCC4)C3)C2=O)sc1S(N)=O. The molecule has 4 rings (SSSR count). The van der Waals surface area contributed by atoms with Gasteiger partial charge in [0.15, 0.2) is 5.13 Å². The van der Waals surface area contributed by atoms with Crippen LogP contribution in [0.1, 0.15) is 50.6 Å². The predicted octanol–water partition coefficient (Wildman–Crippen LogP) is 2.19. The Labute approximate surface area is 155 Å². The Kier molecular flexibility index (Phi) is 4.72. The van der Waals surface area contributed by atoms with Crippen LogP contribution < -0.4 is 10.0 Å². The molecule has 1 spiro atoms. The van der Waals surface area contributed by atoms with Crippen LogP contribution in [0.4, 0.5) is 5.13 Å². The highest BCUT2D eigenvalue weighted by Crippen LogP contribution is 2.44. The summed E-state index contributed by atoms with van der Waals surface area (Å²) in [6, 6.07) is 0.677. The maximum atomic E-state index is 13.2. The number of carbonyl (C=O) groups is 1. The second-order valence-corrected chi connectivity index (χ2v) is 9.94. The smallest absolute Gasteiger partial charge is 0.237 e. The summed E-state index contributed by atoms with van der Waals surface area (Å²) in [7, 11) is -1.54. The number of nitrogens with two attached hydrogens (primary N) is 1. The number of carbonyl (C=O) groups excluding carboxylic acids is 1. The minimum absolute atomic E-state index is 0.203. The molecular weight excluding hydrogens is 356 g/mol. The average Bonchev–Trinajstić information content (AvgIpc) is 2.96. The molecule has 1 atom stereocenters. The van der Waals surface area contributed by atoms with Crippen molar-refractivity contribution in [3.8, 4) is 0 Å². The number of rotatable bonds is 3. The Morgan fingerprint density at radius 2 is 1.96 bits per heavy atom. The topological polar surface area (TPSA) is 79.5 Å². The van der Waals surface area contributed by atoms with Gasteiger partial charge in [0.2, 0.25) is 5.91 Å². The van der Waals surface area contributed by atoms with Gasteiger partial charge in [0.05, 0.1) is 11.1 Å². The monoisotopic (exact) mass is 382 g/mol. The summed E-state index contributed by atoms with van der Waals surface area (Å²) in [5, 5.41) is 6.17. The van der Waals surface area contributed by atoms with E-state index in [0.717, 1.165) is 25.9 Å². The maximum Gasteiger partial charge on any atom is 0.237 e. The van der Waals surface area contributed by atoms with Crippen molar-refractivity contribution < 1.29 is 9.00 Å². The molecule has 6 nitrogen and oxygen atoms in total.